The lowest BCUT2D eigenvalue weighted by molar-refractivity contribution is -0.0269. The minimum Gasteiger partial charge on any atom is -0.378 e. The first kappa shape index (κ1) is 11.5. The number of hydrogen-bond acceptors (Lipinski definition) is 3. The molecule has 14 heavy (non-hydrogen) atoms. The molecule has 1 aliphatic rings. The highest BCUT2D eigenvalue weighted by Gasteiger charge is 2.34. The van der Waals surface area contributed by atoms with Crippen molar-refractivity contribution in [1.29, 1.82) is 0 Å². The summed E-state index contributed by atoms with van der Waals surface area (Å²) < 4.78 is 5.62. The fourth-order valence-corrected chi connectivity index (χ4v) is 1.94. The summed E-state index contributed by atoms with van der Waals surface area (Å²) in [6.45, 7) is 4.15. The van der Waals surface area contributed by atoms with Crippen LogP contribution < -0.4 is 11.1 Å². The van der Waals surface area contributed by atoms with Crippen LogP contribution in [-0.4, -0.2) is 31.3 Å². The molecule has 3 nitrogen and oxygen atoms in total. The first-order chi connectivity index (χ1) is 6.76. The zero-order valence-electron chi connectivity index (χ0n) is 8.88. The Hall–Kier alpha value is -0.560. The third kappa shape index (κ3) is 2.71. The molecule has 80 valence electrons. The minimum absolute atomic E-state index is 0.00525. The Morgan fingerprint density at radius 3 is 3.07 bits per heavy atom. The maximum Gasteiger partial charge on any atom is 0.0590 e. The van der Waals surface area contributed by atoms with Crippen LogP contribution in [0, 0.1) is 12.3 Å². The van der Waals surface area contributed by atoms with Gasteiger partial charge in [0, 0.05) is 18.7 Å². The van der Waals surface area contributed by atoms with Crippen LogP contribution in [0.3, 0.4) is 0 Å². The normalized spacial score (nSPS) is 32.5. The van der Waals surface area contributed by atoms with Crippen LogP contribution in [-0.2, 0) is 4.74 Å². The fourth-order valence-electron chi connectivity index (χ4n) is 1.94. The van der Waals surface area contributed by atoms with Gasteiger partial charge in [0.25, 0.3) is 0 Å². The Labute approximate surface area is 86.4 Å². The van der Waals surface area contributed by atoms with E-state index in [9.17, 15) is 0 Å². The standard InChI is InChI=1S/C11H20N2O/c1-3-6-13-11(9-12)5-7-14-10(4-2)8-11/h1,10,13H,4-9,12H2,2H3. The molecular formula is C11H20N2O. The fraction of sp³-hybridized carbons (Fsp3) is 0.818. The van der Waals surface area contributed by atoms with Gasteiger partial charge in [-0.15, -0.1) is 6.42 Å². The Morgan fingerprint density at radius 1 is 1.71 bits per heavy atom. The summed E-state index contributed by atoms with van der Waals surface area (Å²) in [6, 6.07) is 0. The third-order valence-electron chi connectivity index (χ3n) is 2.96. The maximum absolute atomic E-state index is 5.81. The summed E-state index contributed by atoms with van der Waals surface area (Å²) in [7, 11) is 0. The van der Waals surface area contributed by atoms with Crippen molar-refractivity contribution in [2.24, 2.45) is 5.73 Å². The second-order valence-electron chi connectivity index (χ2n) is 3.90. The van der Waals surface area contributed by atoms with Gasteiger partial charge in [-0.1, -0.05) is 12.8 Å². The quantitative estimate of drug-likeness (QED) is 0.644. The van der Waals surface area contributed by atoms with Gasteiger partial charge in [-0.05, 0) is 19.3 Å². The second kappa shape index (κ2) is 5.35. The van der Waals surface area contributed by atoms with Crippen LogP contribution in [0.5, 0.6) is 0 Å². The zero-order chi connectivity index (χ0) is 10.4. The molecule has 3 heteroatoms. The van der Waals surface area contributed by atoms with Gasteiger partial charge >= 0.3 is 0 Å². The van der Waals surface area contributed by atoms with Gasteiger partial charge in [0.05, 0.1) is 12.6 Å². The lowest BCUT2D eigenvalue weighted by Gasteiger charge is -2.40. The highest BCUT2D eigenvalue weighted by atomic mass is 16.5. The Morgan fingerprint density at radius 2 is 2.50 bits per heavy atom. The molecule has 1 heterocycles. The van der Waals surface area contributed by atoms with E-state index in [2.05, 4.69) is 18.2 Å². The molecule has 0 bridgehead atoms. The molecule has 0 amide bonds. The van der Waals surface area contributed by atoms with Gasteiger partial charge in [-0.2, -0.15) is 0 Å². The summed E-state index contributed by atoms with van der Waals surface area (Å²) in [5, 5.41) is 3.36. The Kier molecular flexibility index (Phi) is 4.40. The number of ether oxygens (including phenoxy) is 1. The lowest BCUT2D eigenvalue weighted by Crippen LogP contribution is -2.56. The molecule has 0 aliphatic carbocycles. The highest BCUT2D eigenvalue weighted by Crippen LogP contribution is 2.25. The predicted molar refractivity (Wildman–Crippen MR) is 57.9 cm³/mol. The molecule has 3 N–H and O–H groups in total. The minimum atomic E-state index is 0.00525. The van der Waals surface area contributed by atoms with Crippen molar-refractivity contribution in [2.75, 3.05) is 19.7 Å². The monoisotopic (exact) mass is 196 g/mol. The van der Waals surface area contributed by atoms with Crippen LogP contribution in [0.4, 0.5) is 0 Å². The van der Waals surface area contributed by atoms with Gasteiger partial charge in [-0.25, -0.2) is 0 Å². The molecule has 1 rings (SSSR count). The second-order valence-corrected chi connectivity index (χ2v) is 3.90. The summed E-state index contributed by atoms with van der Waals surface area (Å²) in [4.78, 5) is 0. The molecule has 2 unspecified atom stereocenters. The SMILES string of the molecule is C#CCNC1(CN)CCOC(CC)C1. The van der Waals surface area contributed by atoms with E-state index in [1.807, 2.05) is 0 Å². The molecule has 0 aromatic heterocycles. The Balaban J connectivity index is 2.54. The van der Waals surface area contributed by atoms with Crippen LogP contribution in [0.15, 0.2) is 0 Å². The molecule has 2 atom stereocenters. The largest absolute Gasteiger partial charge is 0.378 e. The van der Waals surface area contributed by atoms with Gasteiger partial charge in [0.2, 0.25) is 0 Å². The number of rotatable bonds is 4. The molecule has 0 spiro atoms. The average Bonchev–Trinajstić information content (AvgIpc) is 2.26. The van der Waals surface area contributed by atoms with Crippen molar-refractivity contribution in [2.45, 2.75) is 37.8 Å². The topological polar surface area (TPSA) is 47.3 Å². The Bertz CT molecular complexity index is 212. The van der Waals surface area contributed by atoms with E-state index in [0.29, 0.717) is 19.2 Å². The number of hydrogen-bond donors (Lipinski definition) is 2. The van der Waals surface area contributed by atoms with Crippen molar-refractivity contribution in [1.82, 2.24) is 5.32 Å². The predicted octanol–water partition coefficient (Wildman–Crippen LogP) is 0.496. The van der Waals surface area contributed by atoms with Gasteiger partial charge < -0.3 is 10.5 Å². The first-order valence-electron chi connectivity index (χ1n) is 5.26. The van der Waals surface area contributed by atoms with E-state index in [0.717, 1.165) is 25.9 Å². The average molecular weight is 196 g/mol. The van der Waals surface area contributed by atoms with Gasteiger partial charge in [0.1, 0.15) is 0 Å². The van der Waals surface area contributed by atoms with E-state index < -0.39 is 0 Å². The highest BCUT2D eigenvalue weighted by molar-refractivity contribution is 4.98. The smallest absolute Gasteiger partial charge is 0.0590 e. The van der Waals surface area contributed by atoms with E-state index in [1.54, 1.807) is 0 Å². The van der Waals surface area contributed by atoms with Crippen molar-refractivity contribution in [3.8, 4) is 12.3 Å². The molecule has 0 radical (unpaired) electrons. The third-order valence-corrected chi connectivity index (χ3v) is 2.96. The zero-order valence-corrected chi connectivity index (χ0v) is 8.88. The van der Waals surface area contributed by atoms with Crippen LogP contribution in [0.25, 0.3) is 0 Å². The van der Waals surface area contributed by atoms with Gasteiger partial charge in [0.15, 0.2) is 0 Å². The van der Waals surface area contributed by atoms with E-state index in [4.69, 9.17) is 16.9 Å². The van der Waals surface area contributed by atoms with Crippen LogP contribution in [0.1, 0.15) is 26.2 Å². The van der Waals surface area contributed by atoms with Gasteiger partial charge in [-0.3, -0.25) is 5.32 Å². The molecule has 0 aromatic carbocycles. The summed E-state index contributed by atoms with van der Waals surface area (Å²) in [5.41, 5.74) is 5.81. The van der Waals surface area contributed by atoms with Crippen molar-refractivity contribution in [3.05, 3.63) is 0 Å². The maximum atomic E-state index is 5.81. The van der Waals surface area contributed by atoms with Crippen molar-refractivity contribution >= 4 is 0 Å². The molecule has 1 fully saturated rings. The summed E-state index contributed by atoms with van der Waals surface area (Å²) in [5.74, 6) is 2.60. The summed E-state index contributed by atoms with van der Waals surface area (Å²) in [6.07, 6.45) is 8.55. The lowest BCUT2D eigenvalue weighted by atomic mass is 9.86. The molecule has 1 saturated heterocycles. The molecule has 1 aliphatic heterocycles. The molecule has 0 aromatic rings. The van der Waals surface area contributed by atoms with E-state index in [-0.39, 0.29) is 5.54 Å². The first-order valence-corrected chi connectivity index (χ1v) is 5.26. The van der Waals surface area contributed by atoms with Crippen LogP contribution >= 0.6 is 0 Å². The van der Waals surface area contributed by atoms with Crippen LogP contribution in [0.2, 0.25) is 0 Å². The van der Waals surface area contributed by atoms with E-state index in [1.165, 1.54) is 0 Å². The van der Waals surface area contributed by atoms with E-state index >= 15 is 0 Å². The number of nitrogens with one attached hydrogen (secondary N) is 1. The van der Waals surface area contributed by atoms with Crippen molar-refractivity contribution < 1.29 is 4.74 Å². The molecular weight excluding hydrogens is 176 g/mol. The number of nitrogens with two attached hydrogens (primary N) is 1. The number of terminal acetylenes is 1. The molecule has 0 saturated carbocycles. The van der Waals surface area contributed by atoms with Crippen molar-refractivity contribution in [3.63, 3.8) is 0 Å². The summed E-state index contributed by atoms with van der Waals surface area (Å²) >= 11 is 0.